The van der Waals surface area contributed by atoms with E-state index in [2.05, 4.69) is 25.6 Å². The Morgan fingerprint density at radius 1 is 1.11 bits per heavy atom. The fraction of sp³-hybridized carbons (Fsp3) is 0.250. The molecule has 1 aromatic heterocycles. The summed E-state index contributed by atoms with van der Waals surface area (Å²) >= 11 is 6.06. The van der Waals surface area contributed by atoms with Crippen LogP contribution in [0.25, 0.3) is 0 Å². The van der Waals surface area contributed by atoms with Crippen molar-refractivity contribution in [2.24, 2.45) is 0 Å². The van der Waals surface area contributed by atoms with E-state index in [1.807, 2.05) is 32.0 Å². The molecule has 4 N–H and O–H groups in total. The molecule has 0 spiro atoms. The summed E-state index contributed by atoms with van der Waals surface area (Å²) in [5.74, 6) is 0.925. The van der Waals surface area contributed by atoms with Gasteiger partial charge in [0.05, 0.1) is 10.7 Å². The van der Waals surface area contributed by atoms with Crippen LogP contribution in [-0.4, -0.2) is 21.0 Å². The first-order valence-corrected chi connectivity index (χ1v) is 6.22. The van der Waals surface area contributed by atoms with Crippen LogP contribution in [0.4, 0.5) is 23.5 Å². The Labute approximate surface area is 116 Å². The van der Waals surface area contributed by atoms with Crippen LogP contribution in [0, 0.1) is 0 Å². The third kappa shape index (κ3) is 3.69. The minimum absolute atomic E-state index is 0.146. The zero-order valence-electron chi connectivity index (χ0n) is 10.7. The molecule has 0 atom stereocenters. The predicted molar refractivity (Wildman–Crippen MR) is 77.7 cm³/mol. The molecule has 0 unspecified atom stereocenters. The van der Waals surface area contributed by atoms with E-state index in [0.717, 1.165) is 0 Å². The van der Waals surface area contributed by atoms with Gasteiger partial charge in [0, 0.05) is 6.04 Å². The minimum Gasteiger partial charge on any atom is -0.368 e. The van der Waals surface area contributed by atoms with Gasteiger partial charge >= 0.3 is 0 Å². The highest BCUT2D eigenvalue weighted by atomic mass is 35.5. The molecule has 0 aliphatic heterocycles. The summed E-state index contributed by atoms with van der Waals surface area (Å²) in [7, 11) is 0. The van der Waals surface area contributed by atoms with Gasteiger partial charge in [0.25, 0.3) is 0 Å². The molecule has 0 fully saturated rings. The van der Waals surface area contributed by atoms with Gasteiger partial charge in [-0.05, 0) is 26.0 Å². The highest BCUT2D eigenvalue weighted by Gasteiger charge is 2.07. The number of rotatable bonds is 4. The highest BCUT2D eigenvalue weighted by Crippen LogP contribution is 2.23. The molecule has 0 aliphatic carbocycles. The predicted octanol–water partition coefficient (Wildman–Crippen LogP) is 2.67. The number of anilines is 4. The van der Waals surface area contributed by atoms with Crippen molar-refractivity contribution in [1.29, 1.82) is 0 Å². The van der Waals surface area contributed by atoms with E-state index in [1.54, 1.807) is 6.07 Å². The Kier molecular flexibility index (Phi) is 4.01. The first-order valence-electron chi connectivity index (χ1n) is 5.84. The number of para-hydroxylation sites is 1. The smallest absolute Gasteiger partial charge is 0.233 e. The zero-order valence-corrected chi connectivity index (χ0v) is 11.4. The summed E-state index contributed by atoms with van der Waals surface area (Å²) in [4.78, 5) is 12.3. The molecule has 0 radical (unpaired) electrons. The van der Waals surface area contributed by atoms with Crippen molar-refractivity contribution in [3.63, 3.8) is 0 Å². The van der Waals surface area contributed by atoms with Gasteiger partial charge in [0.15, 0.2) is 0 Å². The van der Waals surface area contributed by atoms with Gasteiger partial charge in [0.1, 0.15) is 0 Å². The van der Waals surface area contributed by atoms with E-state index in [1.165, 1.54) is 0 Å². The monoisotopic (exact) mass is 278 g/mol. The molecular formula is C12H15ClN6. The number of nitrogens with zero attached hydrogens (tertiary/aromatic N) is 3. The summed E-state index contributed by atoms with van der Waals surface area (Å²) in [6, 6.07) is 7.53. The van der Waals surface area contributed by atoms with Crippen molar-refractivity contribution in [3.05, 3.63) is 29.3 Å². The molecule has 0 bridgehead atoms. The Hall–Kier alpha value is -2.08. The van der Waals surface area contributed by atoms with E-state index in [9.17, 15) is 0 Å². The lowest BCUT2D eigenvalue weighted by Gasteiger charge is -2.11. The van der Waals surface area contributed by atoms with Crippen molar-refractivity contribution in [3.8, 4) is 0 Å². The standard InChI is InChI=1S/C12H15ClN6/c1-7(2)15-11-17-10(14)18-12(19-11)16-9-6-4-3-5-8(9)13/h3-7H,1-2H3,(H4,14,15,16,17,18,19). The van der Waals surface area contributed by atoms with Crippen molar-refractivity contribution >= 4 is 35.1 Å². The van der Waals surface area contributed by atoms with E-state index >= 15 is 0 Å². The van der Waals surface area contributed by atoms with Crippen LogP contribution < -0.4 is 16.4 Å². The summed E-state index contributed by atoms with van der Waals surface area (Å²) in [6.45, 7) is 3.97. The van der Waals surface area contributed by atoms with E-state index in [4.69, 9.17) is 17.3 Å². The number of nitrogens with one attached hydrogen (secondary N) is 2. The summed E-state index contributed by atoms with van der Waals surface area (Å²) in [5, 5.41) is 6.67. The lowest BCUT2D eigenvalue weighted by atomic mass is 10.3. The maximum Gasteiger partial charge on any atom is 0.233 e. The molecule has 0 saturated carbocycles. The third-order valence-electron chi connectivity index (χ3n) is 2.19. The van der Waals surface area contributed by atoms with Crippen LogP contribution in [0.1, 0.15) is 13.8 Å². The molecular weight excluding hydrogens is 264 g/mol. The third-order valence-corrected chi connectivity index (χ3v) is 2.52. The summed E-state index contributed by atoms with van der Waals surface area (Å²) < 4.78 is 0. The molecule has 2 aromatic rings. The topological polar surface area (TPSA) is 88.8 Å². The Morgan fingerprint density at radius 2 is 1.79 bits per heavy atom. The van der Waals surface area contributed by atoms with E-state index in [0.29, 0.717) is 22.6 Å². The first kappa shape index (κ1) is 13.4. The fourth-order valence-corrected chi connectivity index (χ4v) is 1.64. The van der Waals surface area contributed by atoms with Crippen LogP contribution in [0.5, 0.6) is 0 Å². The van der Waals surface area contributed by atoms with Crippen LogP contribution in [0.15, 0.2) is 24.3 Å². The van der Waals surface area contributed by atoms with Gasteiger partial charge in [-0.1, -0.05) is 23.7 Å². The van der Waals surface area contributed by atoms with Gasteiger partial charge in [0.2, 0.25) is 17.8 Å². The molecule has 100 valence electrons. The normalized spacial score (nSPS) is 10.5. The molecule has 19 heavy (non-hydrogen) atoms. The molecule has 0 amide bonds. The van der Waals surface area contributed by atoms with Crippen molar-refractivity contribution in [2.75, 3.05) is 16.4 Å². The second kappa shape index (κ2) is 5.71. The molecule has 7 heteroatoms. The molecule has 1 aromatic carbocycles. The molecule has 0 aliphatic rings. The molecule has 1 heterocycles. The Bertz CT molecular complexity index is 572. The maximum atomic E-state index is 6.06. The van der Waals surface area contributed by atoms with Crippen molar-refractivity contribution in [1.82, 2.24) is 15.0 Å². The number of hydrogen-bond acceptors (Lipinski definition) is 6. The van der Waals surface area contributed by atoms with Crippen LogP contribution in [0.3, 0.4) is 0 Å². The first-order chi connectivity index (χ1) is 9.04. The molecule has 0 saturated heterocycles. The SMILES string of the molecule is CC(C)Nc1nc(N)nc(Nc2ccccc2Cl)n1. The maximum absolute atomic E-state index is 6.06. The molecule has 6 nitrogen and oxygen atoms in total. The number of halogens is 1. The zero-order chi connectivity index (χ0) is 13.8. The van der Waals surface area contributed by atoms with Crippen LogP contribution >= 0.6 is 11.6 Å². The lowest BCUT2D eigenvalue weighted by molar-refractivity contribution is 0.870. The summed E-state index contributed by atoms with van der Waals surface area (Å²) in [5.41, 5.74) is 6.36. The Balaban J connectivity index is 2.25. The minimum atomic E-state index is 0.146. The van der Waals surface area contributed by atoms with Crippen LogP contribution in [0.2, 0.25) is 5.02 Å². The number of benzene rings is 1. The van der Waals surface area contributed by atoms with Gasteiger partial charge < -0.3 is 16.4 Å². The number of nitrogens with two attached hydrogens (primary N) is 1. The van der Waals surface area contributed by atoms with Gasteiger partial charge in [-0.3, -0.25) is 0 Å². The average molecular weight is 279 g/mol. The van der Waals surface area contributed by atoms with Crippen LogP contribution in [-0.2, 0) is 0 Å². The van der Waals surface area contributed by atoms with Gasteiger partial charge in [-0.2, -0.15) is 15.0 Å². The van der Waals surface area contributed by atoms with Gasteiger partial charge in [-0.15, -0.1) is 0 Å². The number of hydrogen-bond donors (Lipinski definition) is 3. The number of nitrogen functional groups attached to an aromatic ring is 1. The second-order valence-corrected chi connectivity index (χ2v) is 4.65. The lowest BCUT2D eigenvalue weighted by Crippen LogP contribution is -2.15. The largest absolute Gasteiger partial charge is 0.368 e. The fourth-order valence-electron chi connectivity index (χ4n) is 1.45. The Morgan fingerprint density at radius 3 is 2.47 bits per heavy atom. The molecule has 2 rings (SSSR count). The second-order valence-electron chi connectivity index (χ2n) is 4.24. The quantitative estimate of drug-likeness (QED) is 0.797. The highest BCUT2D eigenvalue weighted by molar-refractivity contribution is 6.33. The van der Waals surface area contributed by atoms with Gasteiger partial charge in [-0.25, -0.2) is 0 Å². The number of aromatic nitrogens is 3. The average Bonchev–Trinajstić information content (AvgIpc) is 2.30. The van der Waals surface area contributed by atoms with E-state index < -0.39 is 0 Å². The summed E-state index contributed by atoms with van der Waals surface area (Å²) in [6.07, 6.45) is 0. The van der Waals surface area contributed by atoms with Crippen molar-refractivity contribution in [2.45, 2.75) is 19.9 Å². The van der Waals surface area contributed by atoms with E-state index in [-0.39, 0.29) is 12.0 Å². The van der Waals surface area contributed by atoms with Crippen molar-refractivity contribution < 1.29 is 0 Å².